The molecule has 96 valence electrons. The van der Waals surface area contributed by atoms with Gasteiger partial charge in [0.15, 0.2) is 0 Å². The van der Waals surface area contributed by atoms with E-state index in [1.54, 1.807) is 7.11 Å². The second-order valence-electron chi connectivity index (χ2n) is 4.95. The summed E-state index contributed by atoms with van der Waals surface area (Å²) in [5, 5.41) is 12.2. The van der Waals surface area contributed by atoms with E-state index in [1.165, 1.54) is 16.5 Å². The number of aromatic hydroxyl groups is 1. The first-order chi connectivity index (χ1) is 8.63. The van der Waals surface area contributed by atoms with Crippen LogP contribution in [0.4, 0.5) is 0 Å². The largest absolute Gasteiger partial charge is 0.508 e. The molecule has 0 radical (unpaired) electrons. The minimum absolute atomic E-state index is 0.343. The molecule has 0 aliphatic carbocycles. The zero-order chi connectivity index (χ0) is 13.1. The molecule has 2 aromatic rings. The Bertz CT molecular complexity index is 544. The van der Waals surface area contributed by atoms with Gasteiger partial charge in [-0.1, -0.05) is 32.0 Å². The van der Waals surface area contributed by atoms with E-state index in [0.717, 1.165) is 18.4 Å². The van der Waals surface area contributed by atoms with Gasteiger partial charge >= 0.3 is 0 Å². The highest BCUT2D eigenvalue weighted by Crippen LogP contribution is 2.32. The second kappa shape index (κ2) is 5.40. The van der Waals surface area contributed by atoms with Crippen LogP contribution in [0, 0.1) is 0 Å². The zero-order valence-corrected chi connectivity index (χ0v) is 11.2. The van der Waals surface area contributed by atoms with Gasteiger partial charge in [-0.25, -0.2) is 0 Å². The smallest absolute Gasteiger partial charge is 0.116 e. The SMILES string of the molecule is COCCc1cccc2cc(O)cc(C(C)C)c12. The molecule has 0 heterocycles. The van der Waals surface area contributed by atoms with E-state index in [9.17, 15) is 5.11 Å². The predicted octanol–water partition coefficient (Wildman–Crippen LogP) is 3.86. The van der Waals surface area contributed by atoms with Crippen LogP contribution in [0.1, 0.15) is 30.9 Å². The molecule has 2 heteroatoms. The molecule has 1 N–H and O–H groups in total. The third-order valence-corrected chi connectivity index (χ3v) is 3.28. The molecule has 0 saturated heterocycles. The van der Waals surface area contributed by atoms with Crippen molar-refractivity contribution in [2.45, 2.75) is 26.2 Å². The maximum Gasteiger partial charge on any atom is 0.116 e. The van der Waals surface area contributed by atoms with E-state index in [-0.39, 0.29) is 0 Å². The molecule has 0 unspecified atom stereocenters. The first kappa shape index (κ1) is 12.9. The van der Waals surface area contributed by atoms with Gasteiger partial charge < -0.3 is 9.84 Å². The van der Waals surface area contributed by atoms with Gasteiger partial charge in [-0.3, -0.25) is 0 Å². The summed E-state index contributed by atoms with van der Waals surface area (Å²) in [6.07, 6.45) is 0.901. The summed E-state index contributed by atoms with van der Waals surface area (Å²) in [6, 6.07) is 9.94. The van der Waals surface area contributed by atoms with E-state index in [0.29, 0.717) is 11.7 Å². The number of hydrogen-bond donors (Lipinski definition) is 1. The van der Waals surface area contributed by atoms with E-state index >= 15 is 0 Å². The van der Waals surface area contributed by atoms with Gasteiger partial charge in [-0.05, 0) is 46.4 Å². The molecule has 0 spiro atoms. The average molecular weight is 244 g/mol. The minimum atomic E-state index is 0.343. The number of rotatable bonds is 4. The Morgan fingerprint density at radius 3 is 2.67 bits per heavy atom. The summed E-state index contributed by atoms with van der Waals surface area (Å²) in [7, 11) is 1.72. The highest BCUT2D eigenvalue weighted by Gasteiger charge is 2.11. The molecular weight excluding hydrogens is 224 g/mol. The van der Waals surface area contributed by atoms with Crippen LogP contribution >= 0.6 is 0 Å². The number of phenols is 1. The fourth-order valence-corrected chi connectivity index (χ4v) is 2.40. The highest BCUT2D eigenvalue weighted by molar-refractivity contribution is 5.90. The lowest BCUT2D eigenvalue weighted by molar-refractivity contribution is 0.202. The van der Waals surface area contributed by atoms with Crippen LogP contribution in [0.2, 0.25) is 0 Å². The van der Waals surface area contributed by atoms with E-state index < -0.39 is 0 Å². The summed E-state index contributed by atoms with van der Waals surface area (Å²) in [5.74, 6) is 0.735. The van der Waals surface area contributed by atoms with Crippen LogP contribution in [0.5, 0.6) is 5.75 Å². The normalized spacial score (nSPS) is 11.3. The topological polar surface area (TPSA) is 29.5 Å². The number of hydrogen-bond acceptors (Lipinski definition) is 2. The van der Waals surface area contributed by atoms with Crippen LogP contribution < -0.4 is 0 Å². The number of benzene rings is 2. The van der Waals surface area contributed by atoms with Crippen molar-refractivity contribution < 1.29 is 9.84 Å². The van der Waals surface area contributed by atoms with Crippen molar-refractivity contribution in [3.05, 3.63) is 41.5 Å². The third kappa shape index (κ3) is 2.49. The van der Waals surface area contributed by atoms with E-state index in [2.05, 4.69) is 26.0 Å². The molecule has 2 nitrogen and oxygen atoms in total. The Kier molecular flexibility index (Phi) is 3.87. The van der Waals surface area contributed by atoms with Crippen molar-refractivity contribution in [3.63, 3.8) is 0 Å². The fraction of sp³-hybridized carbons (Fsp3) is 0.375. The lowest BCUT2D eigenvalue weighted by atomic mass is 9.91. The number of phenolic OH excluding ortho intramolecular Hbond substituents is 1. The quantitative estimate of drug-likeness (QED) is 0.885. The Morgan fingerprint density at radius 1 is 1.22 bits per heavy atom. The monoisotopic (exact) mass is 244 g/mol. The first-order valence-electron chi connectivity index (χ1n) is 6.37. The maximum atomic E-state index is 9.80. The van der Waals surface area contributed by atoms with Gasteiger partial charge in [0.1, 0.15) is 5.75 Å². The van der Waals surface area contributed by atoms with Crippen LogP contribution in [-0.4, -0.2) is 18.8 Å². The average Bonchev–Trinajstić information content (AvgIpc) is 2.34. The molecule has 0 aliphatic heterocycles. The molecule has 0 saturated carbocycles. The first-order valence-corrected chi connectivity index (χ1v) is 6.37. The van der Waals surface area contributed by atoms with Crippen molar-refractivity contribution >= 4 is 10.8 Å². The predicted molar refractivity (Wildman–Crippen MR) is 75.3 cm³/mol. The summed E-state index contributed by atoms with van der Waals surface area (Å²) in [6.45, 7) is 5.03. The van der Waals surface area contributed by atoms with E-state index in [4.69, 9.17) is 4.74 Å². The summed E-state index contributed by atoms with van der Waals surface area (Å²) < 4.78 is 5.17. The molecule has 0 aliphatic rings. The fourth-order valence-electron chi connectivity index (χ4n) is 2.40. The number of fused-ring (bicyclic) bond motifs is 1. The Hall–Kier alpha value is -1.54. The lowest BCUT2D eigenvalue weighted by Gasteiger charge is -2.15. The van der Waals surface area contributed by atoms with Crippen molar-refractivity contribution in [1.29, 1.82) is 0 Å². The van der Waals surface area contributed by atoms with Crippen LogP contribution in [0.25, 0.3) is 10.8 Å². The van der Waals surface area contributed by atoms with Gasteiger partial charge in [-0.2, -0.15) is 0 Å². The van der Waals surface area contributed by atoms with Gasteiger partial charge in [0, 0.05) is 7.11 Å². The van der Waals surface area contributed by atoms with Gasteiger partial charge in [0.2, 0.25) is 0 Å². The van der Waals surface area contributed by atoms with Crippen LogP contribution in [0.3, 0.4) is 0 Å². The van der Waals surface area contributed by atoms with Crippen molar-refractivity contribution in [2.24, 2.45) is 0 Å². The molecule has 0 atom stereocenters. The Labute approximate surface area is 108 Å². The van der Waals surface area contributed by atoms with Crippen molar-refractivity contribution in [1.82, 2.24) is 0 Å². The van der Waals surface area contributed by atoms with Crippen LogP contribution in [0.15, 0.2) is 30.3 Å². The lowest BCUT2D eigenvalue weighted by Crippen LogP contribution is -1.98. The molecule has 18 heavy (non-hydrogen) atoms. The van der Waals surface area contributed by atoms with Gasteiger partial charge in [0.25, 0.3) is 0 Å². The molecule has 0 fully saturated rings. The molecular formula is C16H20O2. The Morgan fingerprint density at radius 2 is 2.00 bits per heavy atom. The van der Waals surface area contributed by atoms with Gasteiger partial charge in [-0.15, -0.1) is 0 Å². The van der Waals surface area contributed by atoms with Crippen molar-refractivity contribution in [2.75, 3.05) is 13.7 Å². The number of ether oxygens (including phenoxy) is 1. The summed E-state index contributed by atoms with van der Waals surface area (Å²) in [4.78, 5) is 0. The van der Waals surface area contributed by atoms with Gasteiger partial charge in [0.05, 0.1) is 6.61 Å². The molecule has 2 rings (SSSR count). The number of methoxy groups -OCH3 is 1. The van der Waals surface area contributed by atoms with E-state index in [1.807, 2.05) is 18.2 Å². The van der Waals surface area contributed by atoms with Crippen LogP contribution in [-0.2, 0) is 11.2 Å². The molecule has 0 amide bonds. The molecule has 2 aromatic carbocycles. The molecule has 0 bridgehead atoms. The third-order valence-electron chi connectivity index (χ3n) is 3.28. The maximum absolute atomic E-state index is 9.80. The zero-order valence-electron chi connectivity index (χ0n) is 11.2. The molecule has 0 aromatic heterocycles. The summed E-state index contributed by atoms with van der Waals surface area (Å²) >= 11 is 0. The summed E-state index contributed by atoms with van der Waals surface area (Å²) in [5.41, 5.74) is 2.50. The second-order valence-corrected chi connectivity index (χ2v) is 4.95. The highest BCUT2D eigenvalue weighted by atomic mass is 16.5. The Balaban J connectivity index is 2.64. The minimum Gasteiger partial charge on any atom is -0.508 e. The standard InChI is InChI=1S/C16H20O2/c1-11(2)15-10-14(17)9-13-6-4-5-12(16(13)15)7-8-18-3/h4-6,9-11,17H,7-8H2,1-3H3. The van der Waals surface area contributed by atoms with Crippen molar-refractivity contribution in [3.8, 4) is 5.75 Å².